The fourth-order valence-electron chi connectivity index (χ4n) is 1.53. The Bertz CT molecular complexity index is 636. The van der Waals surface area contributed by atoms with E-state index < -0.39 is 10.1 Å². The summed E-state index contributed by atoms with van der Waals surface area (Å²) in [7, 11) is -3.93. The molecule has 2 aromatic rings. The van der Waals surface area contributed by atoms with Crippen molar-refractivity contribution in [1.82, 2.24) is 15.0 Å². The summed E-state index contributed by atoms with van der Waals surface area (Å²) >= 11 is 0. The van der Waals surface area contributed by atoms with Gasteiger partial charge in [0.05, 0.1) is 12.3 Å². The molecule has 0 radical (unpaired) electrons. The summed E-state index contributed by atoms with van der Waals surface area (Å²) in [6, 6.07) is 0. The van der Waals surface area contributed by atoms with Crippen LogP contribution in [0.1, 0.15) is 6.42 Å². The number of nitrogens with zero attached hydrogens (tertiary/aromatic N) is 3. The van der Waals surface area contributed by atoms with Gasteiger partial charge in [-0.3, -0.25) is 4.55 Å². The first-order chi connectivity index (χ1) is 7.97. The number of nitrogens with one attached hydrogen (secondary N) is 1. The van der Waals surface area contributed by atoms with E-state index >= 15 is 0 Å². The van der Waals surface area contributed by atoms with Crippen molar-refractivity contribution in [3.05, 3.63) is 12.7 Å². The largest absolute Gasteiger partial charge is 0.368 e. The van der Waals surface area contributed by atoms with Crippen molar-refractivity contribution in [3.8, 4) is 0 Å². The average molecular weight is 258 g/mol. The molecule has 0 saturated carbocycles. The molecule has 0 aromatic carbocycles. The fraction of sp³-hybridized carbons (Fsp3) is 0.375. The first-order valence-corrected chi connectivity index (χ1v) is 6.50. The van der Waals surface area contributed by atoms with Gasteiger partial charge in [-0.05, 0) is 6.42 Å². The Morgan fingerprint density at radius 3 is 2.94 bits per heavy atom. The lowest BCUT2D eigenvalue weighted by Gasteiger charge is -2.00. The first kappa shape index (κ1) is 11.7. The molecule has 17 heavy (non-hydrogen) atoms. The maximum Gasteiger partial charge on any atom is 0.293 e. The van der Waals surface area contributed by atoms with Crippen LogP contribution in [0.2, 0.25) is 0 Å². The van der Waals surface area contributed by atoms with Crippen LogP contribution in [0.3, 0.4) is 0 Å². The summed E-state index contributed by atoms with van der Waals surface area (Å²) in [5.74, 6) is 0.0413. The quantitative estimate of drug-likeness (QED) is 0.482. The number of rotatable bonds is 4. The second-order valence-corrected chi connectivity index (χ2v) is 5.14. The summed E-state index contributed by atoms with van der Waals surface area (Å²) in [5, 5.41) is 0. The Morgan fingerprint density at radius 2 is 2.24 bits per heavy atom. The molecular weight excluding hydrogens is 246 g/mol. The summed E-state index contributed by atoms with van der Waals surface area (Å²) in [6.45, 7) is 0.383. The molecule has 92 valence electrons. The lowest BCUT2D eigenvalue weighted by molar-refractivity contribution is -0.675. The molecule has 0 aliphatic rings. The van der Waals surface area contributed by atoms with Crippen molar-refractivity contribution < 1.29 is 17.5 Å². The van der Waals surface area contributed by atoms with Gasteiger partial charge in [0, 0.05) is 0 Å². The van der Waals surface area contributed by atoms with E-state index in [0.717, 1.165) is 0 Å². The van der Waals surface area contributed by atoms with Gasteiger partial charge >= 0.3 is 0 Å². The summed E-state index contributed by atoms with van der Waals surface area (Å²) < 4.78 is 31.4. The normalized spacial score (nSPS) is 12.1. The standard InChI is InChI=1S/C8H11N5O3S/c9-7-6-8(11-4-10-6)13(5-12-7)2-1-3-17(14,15)16/h4-5H,1-3H2,(H3,9,10,11,14,15,16)/p+1. The number of aromatic nitrogens is 4. The van der Waals surface area contributed by atoms with Crippen LogP contribution in [0, 0.1) is 0 Å². The SMILES string of the molecule is Nc1nc[n+](CCCS(=O)(=O)O)c2nc[nH]c12. The Hall–Kier alpha value is -1.74. The molecule has 0 fully saturated rings. The highest BCUT2D eigenvalue weighted by Crippen LogP contribution is 2.09. The number of fused-ring (bicyclic) bond motifs is 1. The van der Waals surface area contributed by atoms with E-state index in [-0.39, 0.29) is 12.2 Å². The molecule has 2 heterocycles. The van der Waals surface area contributed by atoms with E-state index in [2.05, 4.69) is 15.0 Å². The maximum atomic E-state index is 10.6. The Balaban J connectivity index is 2.19. The van der Waals surface area contributed by atoms with Gasteiger partial charge in [-0.15, -0.1) is 0 Å². The van der Waals surface area contributed by atoms with Crippen LogP contribution in [-0.2, 0) is 16.7 Å². The van der Waals surface area contributed by atoms with Crippen LogP contribution in [-0.4, -0.2) is 33.7 Å². The van der Waals surface area contributed by atoms with Crippen LogP contribution in [0.4, 0.5) is 5.82 Å². The highest BCUT2D eigenvalue weighted by Gasteiger charge is 2.14. The minimum Gasteiger partial charge on any atom is -0.368 e. The predicted molar refractivity (Wildman–Crippen MR) is 59.5 cm³/mol. The molecule has 0 unspecified atom stereocenters. The zero-order valence-electron chi connectivity index (χ0n) is 8.87. The zero-order valence-corrected chi connectivity index (χ0v) is 9.68. The highest BCUT2D eigenvalue weighted by atomic mass is 32.2. The van der Waals surface area contributed by atoms with E-state index in [1.807, 2.05) is 0 Å². The second kappa shape index (κ2) is 4.26. The van der Waals surface area contributed by atoms with Gasteiger partial charge in [0.2, 0.25) is 12.1 Å². The van der Waals surface area contributed by atoms with Crippen molar-refractivity contribution in [3.63, 3.8) is 0 Å². The molecule has 9 heteroatoms. The van der Waals surface area contributed by atoms with Gasteiger partial charge in [-0.2, -0.15) is 8.42 Å². The van der Waals surface area contributed by atoms with E-state index in [1.54, 1.807) is 4.57 Å². The average Bonchev–Trinajstić information content (AvgIpc) is 2.69. The molecule has 0 aliphatic heterocycles. The summed E-state index contributed by atoms with van der Waals surface area (Å²) in [5.41, 5.74) is 6.85. The molecule has 0 amide bonds. The minimum atomic E-state index is -3.93. The van der Waals surface area contributed by atoms with Crippen molar-refractivity contribution in [2.75, 3.05) is 11.5 Å². The zero-order chi connectivity index (χ0) is 12.5. The van der Waals surface area contributed by atoms with Crippen molar-refractivity contribution in [2.24, 2.45) is 0 Å². The fourth-order valence-corrected chi connectivity index (χ4v) is 2.02. The van der Waals surface area contributed by atoms with Gasteiger partial charge in [-0.1, -0.05) is 9.97 Å². The maximum absolute atomic E-state index is 10.6. The molecule has 0 bridgehead atoms. The van der Waals surface area contributed by atoms with E-state index in [0.29, 0.717) is 23.5 Å². The van der Waals surface area contributed by atoms with Gasteiger partial charge in [-0.25, -0.2) is 4.57 Å². The Labute approximate surface area is 97.3 Å². The minimum absolute atomic E-state index is 0.275. The second-order valence-electron chi connectivity index (χ2n) is 3.56. The molecule has 0 spiro atoms. The highest BCUT2D eigenvalue weighted by molar-refractivity contribution is 7.85. The number of H-pyrrole nitrogens is 1. The van der Waals surface area contributed by atoms with Gasteiger partial charge in [0.25, 0.3) is 15.8 Å². The van der Waals surface area contributed by atoms with Crippen LogP contribution in [0.5, 0.6) is 0 Å². The topological polar surface area (TPSA) is 126 Å². The van der Waals surface area contributed by atoms with Gasteiger partial charge in [0.15, 0.2) is 11.8 Å². The molecule has 0 aliphatic carbocycles. The van der Waals surface area contributed by atoms with E-state index in [4.69, 9.17) is 10.3 Å². The number of imidazole rings is 1. The van der Waals surface area contributed by atoms with Crippen molar-refractivity contribution in [1.29, 1.82) is 0 Å². The first-order valence-electron chi connectivity index (χ1n) is 4.89. The number of nitrogens with two attached hydrogens (primary N) is 1. The molecule has 0 saturated heterocycles. The summed E-state index contributed by atoms with van der Waals surface area (Å²) in [6.07, 6.45) is 3.25. The lowest BCUT2D eigenvalue weighted by atomic mass is 10.4. The van der Waals surface area contributed by atoms with Crippen LogP contribution < -0.4 is 10.3 Å². The molecule has 2 rings (SSSR count). The molecule has 2 aromatic heterocycles. The Kier molecular flexibility index (Phi) is 2.94. The molecule has 4 N–H and O–H groups in total. The predicted octanol–water partition coefficient (Wildman–Crippen LogP) is -0.894. The third-order valence-corrected chi connectivity index (χ3v) is 3.09. The van der Waals surface area contributed by atoms with E-state index in [9.17, 15) is 8.42 Å². The summed E-state index contributed by atoms with van der Waals surface area (Å²) in [4.78, 5) is 10.9. The number of hydrogen-bond donors (Lipinski definition) is 3. The van der Waals surface area contributed by atoms with E-state index in [1.165, 1.54) is 12.7 Å². The third kappa shape index (κ3) is 2.68. The number of aromatic amines is 1. The van der Waals surface area contributed by atoms with Crippen LogP contribution >= 0.6 is 0 Å². The molecular formula is C8H12N5O3S+. The lowest BCUT2D eigenvalue weighted by Crippen LogP contribution is -2.36. The third-order valence-electron chi connectivity index (χ3n) is 2.29. The number of anilines is 1. The van der Waals surface area contributed by atoms with Crippen LogP contribution in [0.15, 0.2) is 12.7 Å². The van der Waals surface area contributed by atoms with Gasteiger partial charge < -0.3 is 10.7 Å². The Morgan fingerprint density at radius 1 is 1.47 bits per heavy atom. The number of hydrogen-bond acceptors (Lipinski definition) is 5. The smallest absolute Gasteiger partial charge is 0.293 e. The number of aryl methyl sites for hydroxylation is 1. The monoisotopic (exact) mass is 258 g/mol. The van der Waals surface area contributed by atoms with Crippen molar-refractivity contribution in [2.45, 2.75) is 13.0 Å². The molecule has 0 atom stereocenters. The van der Waals surface area contributed by atoms with Gasteiger partial charge in [0.1, 0.15) is 0 Å². The van der Waals surface area contributed by atoms with Crippen molar-refractivity contribution >= 4 is 27.1 Å². The van der Waals surface area contributed by atoms with Crippen LogP contribution in [0.25, 0.3) is 11.2 Å². The molecule has 8 nitrogen and oxygen atoms in total. The number of nitrogen functional groups attached to an aromatic ring is 1.